The van der Waals surface area contributed by atoms with E-state index in [0.29, 0.717) is 11.1 Å². The number of aromatic hydroxyl groups is 1. The number of phenols is 1. The molecule has 3 aromatic carbocycles. The molecular weight excluding hydrogens is 360 g/mol. The number of phenolic OH excluding ortho intramolecular Hbond substituents is 1. The van der Waals surface area contributed by atoms with E-state index in [9.17, 15) is 27.5 Å². The van der Waals surface area contributed by atoms with Crippen LogP contribution < -0.4 is 0 Å². The van der Waals surface area contributed by atoms with E-state index in [2.05, 4.69) is 0 Å². The summed E-state index contributed by atoms with van der Waals surface area (Å²) in [7, 11) is 0. The first-order valence-electron chi connectivity index (χ1n) is 8.03. The van der Waals surface area contributed by atoms with Crippen molar-refractivity contribution in [3.63, 3.8) is 0 Å². The highest BCUT2D eigenvalue weighted by Crippen LogP contribution is 2.28. The lowest BCUT2D eigenvalue weighted by molar-refractivity contribution is 0.0986. The van der Waals surface area contributed by atoms with Crippen LogP contribution in [0.1, 0.15) is 21.5 Å². The summed E-state index contributed by atoms with van der Waals surface area (Å²) in [5.74, 6) is -5.26. The second-order valence-corrected chi connectivity index (χ2v) is 6.12. The highest BCUT2D eigenvalue weighted by molar-refractivity contribution is 5.99. The molecule has 0 heterocycles. The fraction of sp³-hybridized carbons (Fsp3) is 0.0952. The Kier molecular flexibility index (Phi) is 4.99. The Balaban J connectivity index is 2.04. The third kappa shape index (κ3) is 3.69. The quantitative estimate of drug-likeness (QED) is 0.494. The van der Waals surface area contributed by atoms with Gasteiger partial charge in [0.25, 0.3) is 0 Å². The van der Waals surface area contributed by atoms with Gasteiger partial charge in [-0.3, -0.25) is 4.79 Å². The van der Waals surface area contributed by atoms with Gasteiger partial charge in [0.1, 0.15) is 17.5 Å². The number of hydrogen-bond acceptors (Lipinski definition) is 2. The highest BCUT2D eigenvalue weighted by Gasteiger charge is 2.21. The minimum Gasteiger partial charge on any atom is -0.505 e. The molecule has 0 bridgehead atoms. The average Bonchev–Trinajstić information content (AvgIpc) is 2.64. The van der Waals surface area contributed by atoms with Crippen LogP contribution in [-0.4, -0.2) is 10.9 Å². The molecule has 0 spiro atoms. The van der Waals surface area contributed by atoms with E-state index in [1.165, 1.54) is 37.3 Å². The third-order valence-corrected chi connectivity index (χ3v) is 4.22. The smallest absolute Gasteiger partial charge is 0.171 e. The van der Waals surface area contributed by atoms with Crippen molar-refractivity contribution in [2.75, 3.05) is 0 Å². The number of benzene rings is 3. The molecule has 3 rings (SSSR count). The predicted molar refractivity (Wildman–Crippen MR) is 92.6 cm³/mol. The first kappa shape index (κ1) is 18.6. The topological polar surface area (TPSA) is 37.3 Å². The minimum atomic E-state index is -1.26. The van der Waals surface area contributed by atoms with Gasteiger partial charge in [-0.1, -0.05) is 12.1 Å². The van der Waals surface area contributed by atoms with Crippen LogP contribution in [-0.2, 0) is 6.42 Å². The van der Waals surface area contributed by atoms with Crippen LogP contribution in [0.5, 0.6) is 5.75 Å². The van der Waals surface area contributed by atoms with E-state index in [1.54, 1.807) is 6.07 Å². The van der Waals surface area contributed by atoms with Crippen molar-refractivity contribution in [2.24, 2.45) is 0 Å². The first-order chi connectivity index (χ1) is 12.8. The Hall–Kier alpha value is -3.15. The lowest BCUT2D eigenvalue weighted by Gasteiger charge is -2.11. The van der Waals surface area contributed by atoms with Gasteiger partial charge < -0.3 is 5.11 Å². The minimum absolute atomic E-state index is 0.136. The van der Waals surface area contributed by atoms with Crippen LogP contribution in [0.4, 0.5) is 17.6 Å². The zero-order valence-electron chi connectivity index (χ0n) is 14.2. The predicted octanol–water partition coefficient (Wildman–Crippen LogP) is 5.35. The summed E-state index contributed by atoms with van der Waals surface area (Å²) in [5, 5.41) is 9.36. The largest absolute Gasteiger partial charge is 0.505 e. The SMILES string of the molecule is Cc1cc(-c2cccc(F)c2)cc(C(=O)Cc2c(F)ccc(O)c2F)c1F. The van der Waals surface area contributed by atoms with Crippen molar-refractivity contribution in [3.8, 4) is 16.9 Å². The van der Waals surface area contributed by atoms with Gasteiger partial charge in [-0.2, -0.15) is 0 Å². The van der Waals surface area contributed by atoms with Gasteiger partial charge in [-0.25, -0.2) is 17.6 Å². The van der Waals surface area contributed by atoms with Crippen LogP contribution in [0, 0.1) is 30.2 Å². The van der Waals surface area contributed by atoms with E-state index in [0.717, 1.165) is 12.1 Å². The summed E-state index contributed by atoms with van der Waals surface area (Å²) >= 11 is 0. The molecule has 0 amide bonds. The number of rotatable bonds is 4. The zero-order chi connectivity index (χ0) is 19.7. The van der Waals surface area contributed by atoms with Gasteiger partial charge in [0.05, 0.1) is 5.56 Å². The summed E-state index contributed by atoms with van der Waals surface area (Å²) in [5.41, 5.74) is -0.0444. The molecule has 0 saturated heterocycles. The van der Waals surface area contributed by atoms with E-state index in [1.807, 2.05) is 0 Å². The number of carbonyl (C=O) groups is 1. The number of carbonyl (C=O) groups excluding carboxylic acids is 1. The van der Waals surface area contributed by atoms with Crippen LogP contribution in [0.15, 0.2) is 48.5 Å². The fourth-order valence-electron chi connectivity index (χ4n) is 2.81. The Bertz CT molecular complexity index is 1040. The van der Waals surface area contributed by atoms with Gasteiger partial charge in [0.2, 0.25) is 0 Å². The Morgan fingerprint density at radius 3 is 2.37 bits per heavy atom. The maximum Gasteiger partial charge on any atom is 0.171 e. The van der Waals surface area contributed by atoms with E-state index in [-0.39, 0.29) is 11.1 Å². The van der Waals surface area contributed by atoms with Crippen molar-refractivity contribution in [1.29, 1.82) is 0 Å². The van der Waals surface area contributed by atoms with Gasteiger partial charge in [-0.05, 0) is 60.0 Å². The lowest BCUT2D eigenvalue weighted by atomic mass is 9.95. The zero-order valence-corrected chi connectivity index (χ0v) is 14.2. The van der Waals surface area contributed by atoms with Gasteiger partial charge in [0.15, 0.2) is 17.3 Å². The monoisotopic (exact) mass is 374 g/mol. The molecule has 138 valence electrons. The molecule has 6 heteroatoms. The summed E-state index contributed by atoms with van der Waals surface area (Å²) in [6.45, 7) is 1.43. The Morgan fingerprint density at radius 1 is 0.926 bits per heavy atom. The molecule has 27 heavy (non-hydrogen) atoms. The molecule has 0 aliphatic heterocycles. The van der Waals surface area contributed by atoms with Crippen molar-refractivity contribution in [2.45, 2.75) is 13.3 Å². The normalized spacial score (nSPS) is 10.9. The molecule has 0 aromatic heterocycles. The summed E-state index contributed by atoms with van der Waals surface area (Å²) < 4.78 is 55.7. The van der Waals surface area contributed by atoms with Gasteiger partial charge >= 0.3 is 0 Å². The number of halogens is 4. The Morgan fingerprint density at radius 2 is 1.67 bits per heavy atom. The number of aryl methyl sites for hydroxylation is 1. The maximum atomic E-state index is 14.5. The molecule has 0 atom stereocenters. The second kappa shape index (κ2) is 7.23. The van der Waals surface area contributed by atoms with Crippen LogP contribution >= 0.6 is 0 Å². The molecule has 0 saturated carbocycles. The maximum absolute atomic E-state index is 14.5. The summed E-state index contributed by atoms with van der Waals surface area (Å²) in [6.07, 6.45) is -0.769. The molecule has 3 aromatic rings. The number of hydrogen-bond donors (Lipinski definition) is 1. The standard InChI is InChI=1S/C21H14F4O2/c1-11-7-13(12-3-2-4-14(22)8-12)9-16(20(11)24)19(27)10-15-17(23)5-6-18(26)21(15)25/h2-9,26H,10H2,1H3. The van der Waals surface area contributed by atoms with Crippen molar-refractivity contribution in [3.05, 3.63) is 88.5 Å². The van der Waals surface area contributed by atoms with Gasteiger partial charge in [-0.15, -0.1) is 0 Å². The van der Waals surface area contributed by atoms with Crippen LogP contribution in [0.2, 0.25) is 0 Å². The molecule has 2 nitrogen and oxygen atoms in total. The number of ketones is 1. The first-order valence-corrected chi connectivity index (χ1v) is 8.03. The average molecular weight is 374 g/mol. The van der Waals surface area contributed by atoms with Crippen LogP contribution in [0.3, 0.4) is 0 Å². The molecule has 1 N–H and O–H groups in total. The van der Waals surface area contributed by atoms with E-state index >= 15 is 0 Å². The Labute approximate surface area is 152 Å². The summed E-state index contributed by atoms with van der Waals surface area (Å²) in [6, 6.07) is 9.88. The molecular formula is C21H14F4O2. The molecule has 0 radical (unpaired) electrons. The van der Waals surface area contributed by atoms with E-state index < -0.39 is 46.8 Å². The number of Topliss-reactive ketones (excluding diaryl/α,β-unsaturated/α-hetero) is 1. The van der Waals surface area contributed by atoms with Crippen molar-refractivity contribution in [1.82, 2.24) is 0 Å². The molecule has 0 aliphatic rings. The van der Waals surface area contributed by atoms with Crippen molar-refractivity contribution >= 4 is 5.78 Å². The molecule has 0 unspecified atom stereocenters. The second-order valence-electron chi connectivity index (χ2n) is 6.12. The fourth-order valence-corrected chi connectivity index (χ4v) is 2.81. The third-order valence-electron chi connectivity index (χ3n) is 4.22. The molecule has 0 fully saturated rings. The van der Waals surface area contributed by atoms with E-state index in [4.69, 9.17) is 0 Å². The highest BCUT2D eigenvalue weighted by atomic mass is 19.1. The van der Waals surface area contributed by atoms with Crippen molar-refractivity contribution < 1.29 is 27.5 Å². The lowest BCUT2D eigenvalue weighted by Crippen LogP contribution is -2.10. The molecule has 0 aliphatic carbocycles. The van der Waals surface area contributed by atoms with Crippen LogP contribution in [0.25, 0.3) is 11.1 Å². The summed E-state index contributed by atoms with van der Waals surface area (Å²) in [4.78, 5) is 12.5. The van der Waals surface area contributed by atoms with Gasteiger partial charge in [0, 0.05) is 12.0 Å².